The van der Waals surface area contributed by atoms with Crippen LogP contribution in [0.4, 0.5) is 4.79 Å². The number of amides is 2. The Morgan fingerprint density at radius 3 is 2.33 bits per heavy atom. The molecule has 1 N–H and O–H groups in total. The van der Waals surface area contributed by atoms with Crippen LogP contribution in [0, 0.1) is 17.8 Å². The topological polar surface area (TPSA) is 107 Å². The average Bonchev–Trinajstić information content (AvgIpc) is 3.30. The fraction of sp³-hybridized carbons (Fsp3) is 0.710. The van der Waals surface area contributed by atoms with Crippen molar-refractivity contribution >= 4 is 25.3 Å². The highest BCUT2D eigenvalue weighted by Crippen LogP contribution is 2.52. The molecule has 0 bridgehead atoms. The van der Waals surface area contributed by atoms with E-state index in [1.807, 2.05) is 37.3 Å². The minimum absolute atomic E-state index is 0.124. The van der Waals surface area contributed by atoms with E-state index in [-0.39, 0.29) is 31.0 Å². The lowest BCUT2D eigenvalue weighted by Gasteiger charge is -2.33. The number of benzene rings is 1. The zero-order valence-corrected chi connectivity index (χ0v) is 25.7. The number of hydrogen-bond donors (Lipinski definition) is 1. The van der Waals surface area contributed by atoms with Gasteiger partial charge in [-0.1, -0.05) is 70.4 Å². The van der Waals surface area contributed by atoms with Crippen LogP contribution < -0.4 is 0 Å². The van der Waals surface area contributed by atoms with Crippen LogP contribution in [0.1, 0.15) is 91.0 Å². The fourth-order valence-electron chi connectivity index (χ4n) is 6.42. The quantitative estimate of drug-likeness (QED) is 0.0864. The molecule has 9 heteroatoms. The van der Waals surface area contributed by atoms with E-state index < -0.39 is 48.3 Å². The number of carbonyl (C=O) groups excluding carboxylic acids is 2. The van der Waals surface area contributed by atoms with Crippen LogP contribution in [0.15, 0.2) is 30.3 Å². The summed E-state index contributed by atoms with van der Waals surface area (Å²) in [6, 6.07) is 9.59. The Morgan fingerprint density at radius 2 is 1.73 bits per heavy atom. The lowest BCUT2D eigenvalue weighted by Crippen LogP contribution is -2.60. The van der Waals surface area contributed by atoms with Crippen molar-refractivity contribution < 1.29 is 37.8 Å². The molecule has 1 aliphatic carbocycles. The van der Waals surface area contributed by atoms with E-state index in [1.165, 1.54) is 12.0 Å². The van der Waals surface area contributed by atoms with Crippen LogP contribution in [-0.4, -0.2) is 58.8 Å². The van der Waals surface area contributed by atoms with Gasteiger partial charge in [-0.3, -0.25) is 13.9 Å². The molecule has 40 heavy (non-hydrogen) atoms. The Labute approximate surface area is 239 Å². The number of hydrogen-bond acceptors (Lipinski definition) is 6. The van der Waals surface area contributed by atoms with E-state index in [9.17, 15) is 24.1 Å². The number of ether oxygens (including phenoxy) is 1. The third-order valence-electron chi connectivity index (χ3n) is 8.83. The van der Waals surface area contributed by atoms with Gasteiger partial charge in [0.15, 0.2) is 0 Å². The Morgan fingerprint density at radius 1 is 1.05 bits per heavy atom. The number of unbranched alkanes of at least 4 members (excludes halogenated alkanes) is 1. The van der Waals surface area contributed by atoms with Crippen LogP contribution in [0.25, 0.3) is 0 Å². The van der Waals surface area contributed by atoms with Crippen molar-refractivity contribution in [1.29, 1.82) is 0 Å². The van der Waals surface area contributed by atoms with Gasteiger partial charge in [-0.2, -0.15) is 9.28 Å². The number of likely N-dealkylation sites (tertiary alicyclic amines) is 1. The van der Waals surface area contributed by atoms with Crippen molar-refractivity contribution in [3.63, 3.8) is 0 Å². The van der Waals surface area contributed by atoms with Crippen LogP contribution in [0.3, 0.4) is 0 Å². The molecular weight excluding hydrogens is 529 g/mol. The number of rotatable bonds is 13. The molecular formula is C31H49NO7P+. The summed E-state index contributed by atoms with van der Waals surface area (Å²) in [6.07, 6.45) is 5.96. The molecule has 2 aliphatic rings. The molecule has 1 saturated carbocycles. The maximum absolute atomic E-state index is 14.4. The van der Waals surface area contributed by atoms with Gasteiger partial charge in [-0.15, -0.1) is 0 Å². The third kappa shape index (κ3) is 8.27. The van der Waals surface area contributed by atoms with Crippen molar-refractivity contribution in [2.75, 3.05) is 18.9 Å². The van der Waals surface area contributed by atoms with Crippen molar-refractivity contribution in [1.82, 2.24) is 0 Å². The normalized spacial score (nSPS) is 25.8. The highest BCUT2D eigenvalue weighted by molar-refractivity contribution is 7.59. The van der Waals surface area contributed by atoms with Crippen LogP contribution in [0.2, 0.25) is 0 Å². The van der Waals surface area contributed by atoms with Gasteiger partial charge in [0.05, 0.1) is 6.54 Å². The minimum atomic E-state index is -3.69. The zero-order valence-electron chi connectivity index (χ0n) is 24.8. The Balaban J connectivity index is 1.80. The van der Waals surface area contributed by atoms with Crippen molar-refractivity contribution in [3.8, 4) is 0 Å². The van der Waals surface area contributed by atoms with E-state index in [0.717, 1.165) is 38.5 Å². The van der Waals surface area contributed by atoms with Crippen molar-refractivity contribution in [2.45, 2.75) is 104 Å². The second kappa shape index (κ2) is 14.7. The molecule has 0 radical (unpaired) electrons. The zero-order chi connectivity index (χ0) is 29.3. The third-order valence-corrected chi connectivity index (χ3v) is 11.2. The molecule has 5 atom stereocenters. The van der Waals surface area contributed by atoms with Crippen LogP contribution in [-0.2, 0) is 29.8 Å². The summed E-state index contributed by atoms with van der Waals surface area (Å²) in [6.45, 7) is 7.35. The van der Waals surface area contributed by atoms with E-state index in [1.54, 1.807) is 20.8 Å². The van der Waals surface area contributed by atoms with Crippen molar-refractivity contribution in [2.24, 2.45) is 17.8 Å². The molecule has 224 valence electrons. The summed E-state index contributed by atoms with van der Waals surface area (Å²) in [5, 5.41) is 10.4. The number of carbonyl (C=O) groups is 3. The molecule has 1 saturated heterocycles. The molecule has 3 unspecified atom stereocenters. The fourth-order valence-corrected chi connectivity index (χ4v) is 8.79. The number of quaternary nitrogens is 1. The summed E-state index contributed by atoms with van der Waals surface area (Å²) in [5.74, 6) is -0.724. The summed E-state index contributed by atoms with van der Waals surface area (Å²) in [7, 11) is -3.69. The molecule has 3 rings (SSSR count). The maximum atomic E-state index is 14.4. The predicted molar refractivity (Wildman–Crippen MR) is 155 cm³/mol. The molecule has 1 aliphatic heterocycles. The summed E-state index contributed by atoms with van der Waals surface area (Å²) in [5.41, 5.74) is 1.17. The smallest absolute Gasteiger partial charge is 0.435 e. The van der Waals surface area contributed by atoms with Crippen molar-refractivity contribution in [3.05, 3.63) is 35.9 Å². The number of imide groups is 1. The van der Waals surface area contributed by atoms with E-state index in [2.05, 4.69) is 0 Å². The molecule has 0 aromatic heterocycles. The molecule has 2 amide bonds. The second-order valence-electron chi connectivity index (χ2n) is 12.2. The second-order valence-corrected chi connectivity index (χ2v) is 14.8. The molecule has 0 spiro atoms. The molecule has 1 aromatic rings. The Hall–Kier alpha value is -2.02. The highest BCUT2D eigenvalue weighted by atomic mass is 31.2. The Bertz CT molecular complexity index is 1040. The van der Waals surface area contributed by atoms with Gasteiger partial charge in [0, 0.05) is 30.8 Å². The monoisotopic (exact) mass is 578 g/mol. The summed E-state index contributed by atoms with van der Waals surface area (Å²) in [4.78, 5) is 38.8. The average molecular weight is 579 g/mol. The van der Waals surface area contributed by atoms with Gasteiger partial charge in [0.1, 0.15) is 12.2 Å². The summed E-state index contributed by atoms with van der Waals surface area (Å²) >= 11 is 0. The molecule has 1 heterocycles. The standard InChI is InChI=1S/C31H48NO7P/c1-5-29(34)38-30(23(2)3)39-40(37,19-13-12-16-25-14-8-6-9-15-25)22-28(33)32(31(35)36)21-27(20-24(32)4)26-17-10-7-11-18-26/h6,8-9,14-15,23-24,26-27,30H,5,7,10-13,16-22H2,1-4H3/p+1/t24?,27?,30-,32+,40?/m1/s1. The SMILES string of the molecule is CCC(=O)O[C@H](OP(=O)(CCCCc1ccccc1)CC(=O)[N@+]1(C(=O)O)CC(C2CCCCC2)CC1C)C(C)C. The van der Waals surface area contributed by atoms with Gasteiger partial charge >= 0.3 is 18.0 Å². The summed E-state index contributed by atoms with van der Waals surface area (Å²) < 4.78 is 25.2. The Kier molecular flexibility index (Phi) is 12.0. The number of carboxylic acid groups (broad SMARTS) is 1. The lowest BCUT2D eigenvalue weighted by atomic mass is 9.79. The van der Waals surface area contributed by atoms with E-state index in [4.69, 9.17) is 9.26 Å². The number of nitrogens with zero attached hydrogens (tertiary/aromatic N) is 1. The van der Waals surface area contributed by atoms with E-state index >= 15 is 0 Å². The first-order chi connectivity index (χ1) is 19.0. The first kappa shape index (κ1) is 32.5. The van der Waals surface area contributed by atoms with Crippen LogP contribution >= 0.6 is 7.37 Å². The largest absolute Gasteiger partial charge is 0.521 e. The minimum Gasteiger partial charge on any atom is -0.435 e. The first-order valence-corrected chi connectivity index (χ1v) is 17.1. The van der Waals surface area contributed by atoms with Gasteiger partial charge in [-0.25, -0.2) is 4.79 Å². The maximum Gasteiger partial charge on any atom is 0.521 e. The molecule has 8 nitrogen and oxygen atoms in total. The van der Waals surface area contributed by atoms with Gasteiger partial charge < -0.3 is 9.84 Å². The van der Waals surface area contributed by atoms with Crippen LogP contribution in [0.5, 0.6) is 0 Å². The predicted octanol–water partition coefficient (Wildman–Crippen LogP) is 7.25. The number of esters is 1. The molecule has 1 aromatic carbocycles. The van der Waals surface area contributed by atoms with Gasteiger partial charge in [-0.05, 0) is 50.5 Å². The molecule has 2 fully saturated rings. The first-order valence-electron chi connectivity index (χ1n) is 15.1. The van der Waals surface area contributed by atoms with Gasteiger partial charge in [0.25, 0.3) is 0 Å². The van der Waals surface area contributed by atoms with E-state index in [0.29, 0.717) is 18.8 Å². The number of aryl methyl sites for hydroxylation is 1. The van der Waals surface area contributed by atoms with Gasteiger partial charge in [0.2, 0.25) is 13.7 Å². The lowest BCUT2D eigenvalue weighted by molar-refractivity contribution is -0.793. The highest BCUT2D eigenvalue weighted by Gasteiger charge is 2.58.